The number of nitrogens with zero attached hydrogens (tertiary/aromatic N) is 3. The molecule has 9 heteroatoms. The van der Waals surface area contributed by atoms with Gasteiger partial charge in [-0.25, -0.2) is 8.42 Å². The van der Waals surface area contributed by atoms with Crippen molar-refractivity contribution in [1.82, 2.24) is 14.1 Å². The van der Waals surface area contributed by atoms with Crippen molar-refractivity contribution in [2.75, 3.05) is 59.5 Å². The maximum absolute atomic E-state index is 12.7. The number of benzene rings is 1. The van der Waals surface area contributed by atoms with E-state index in [0.717, 1.165) is 13.1 Å². The lowest BCUT2D eigenvalue weighted by molar-refractivity contribution is -0.142. The van der Waals surface area contributed by atoms with Gasteiger partial charge in [-0.15, -0.1) is 0 Å². The molecule has 2 saturated heterocycles. The molecule has 2 aliphatic heterocycles. The molecular weight excluding hydrogens is 370 g/mol. The van der Waals surface area contributed by atoms with Crippen molar-refractivity contribution >= 4 is 15.9 Å². The first-order valence-corrected chi connectivity index (χ1v) is 10.6. The highest BCUT2D eigenvalue weighted by atomic mass is 32.2. The minimum absolute atomic E-state index is 0.0903. The first kappa shape index (κ1) is 20.1. The van der Waals surface area contributed by atoms with Gasteiger partial charge in [0, 0.05) is 39.3 Å². The van der Waals surface area contributed by atoms with Crippen molar-refractivity contribution in [1.29, 1.82) is 0 Å². The Morgan fingerprint density at radius 2 is 1.63 bits per heavy atom. The van der Waals surface area contributed by atoms with Crippen molar-refractivity contribution in [3.63, 3.8) is 0 Å². The zero-order valence-electron chi connectivity index (χ0n) is 15.8. The summed E-state index contributed by atoms with van der Waals surface area (Å²) in [6, 6.07) is 6.28. The second kappa shape index (κ2) is 8.55. The largest absolute Gasteiger partial charge is 0.481 e. The predicted octanol–water partition coefficient (Wildman–Crippen LogP) is 0.249. The number of hydrogen-bond acceptors (Lipinski definition) is 6. The summed E-state index contributed by atoms with van der Waals surface area (Å²) >= 11 is 0. The number of hydrogen-bond donors (Lipinski definition) is 0. The summed E-state index contributed by atoms with van der Waals surface area (Å²) in [6.45, 7) is 6.33. The normalized spacial score (nSPS) is 21.0. The van der Waals surface area contributed by atoms with Crippen molar-refractivity contribution in [3.05, 3.63) is 24.3 Å². The van der Waals surface area contributed by atoms with Crippen LogP contribution in [0.3, 0.4) is 0 Å². The van der Waals surface area contributed by atoms with Crippen molar-refractivity contribution in [2.45, 2.75) is 17.9 Å². The second-order valence-corrected chi connectivity index (χ2v) is 8.81. The van der Waals surface area contributed by atoms with E-state index in [1.807, 2.05) is 7.05 Å². The number of piperazine rings is 1. The van der Waals surface area contributed by atoms with Gasteiger partial charge in [-0.3, -0.25) is 4.79 Å². The van der Waals surface area contributed by atoms with E-state index < -0.39 is 16.1 Å². The third kappa shape index (κ3) is 4.78. The van der Waals surface area contributed by atoms with Crippen LogP contribution in [0.15, 0.2) is 29.2 Å². The molecule has 0 unspecified atom stereocenters. The smallest absolute Gasteiger partial charge is 0.263 e. The van der Waals surface area contributed by atoms with Gasteiger partial charge >= 0.3 is 0 Å². The van der Waals surface area contributed by atoms with E-state index in [1.165, 1.54) is 16.4 Å². The highest BCUT2D eigenvalue weighted by Crippen LogP contribution is 2.21. The van der Waals surface area contributed by atoms with Gasteiger partial charge in [0.2, 0.25) is 10.0 Å². The lowest BCUT2D eigenvalue weighted by Crippen LogP contribution is -2.47. The van der Waals surface area contributed by atoms with Crippen LogP contribution in [0.4, 0.5) is 0 Å². The van der Waals surface area contributed by atoms with Crippen LogP contribution in [-0.4, -0.2) is 94.1 Å². The fraction of sp³-hybridized carbons (Fsp3) is 0.611. The van der Waals surface area contributed by atoms with Crippen LogP contribution in [-0.2, 0) is 19.6 Å². The third-order valence-corrected chi connectivity index (χ3v) is 6.82. The SMILES string of the molecule is C[C@@H](Oc1ccc(S(=O)(=O)N2CCN(C)CC2)cc1)C(=O)N1CCOCC1. The average molecular weight is 397 g/mol. The van der Waals surface area contributed by atoms with Crippen molar-refractivity contribution < 1.29 is 22.7 Å². The molecule has 0 bridgehead atoms. The Hall–Kier alpha value is -1.68. The Balaban J connectivity index is 1.62. The lowest BCUT2D eigenvalue weighted by atomic mass is 10.3. The fourth-order valence-electron chi connectivity index (χ4n) is 3.16. The number of sulfonamides is 1. The van der Waals surface area contributed by atoms with E-state index in [2.05, 4.69) is 4.90 Å². The number of carbonyl (C=O) groups is 1. The summed E-state index contributed by atoms with van der Waals surface area (Å²) in [7, 11) is -1.52. The van der Waals surface area contributed by atoms with Crippen molar-refractivity contribution in [3.8, 4) is 5.75 Å². The highest BCUT2D eigenvalue weighted by Gasteiger charge is 2.28. The minimum atomic E-state index is -3.50. The van der Waals surface area contributed by atoms with Gasteiger partial charge in [0.05, 0.1) is 18.1 Å². The molecule has 0 aromatic heterocycles. The van der Waals surface area contributed by atoms with E-state index in [4.69, 9.17) is 9.47 Å². The molecular formula is C18H27N3O5S. The van der Waals surface area contributed by atoms with Crippen LogP contribution < -0.4 is 4.74 Å². The third-order valence-electron chi connectivity index (χ3n) is 4.91. The van der Waals surface area contributed by atoms with E-state index in [0.29, 0.717) is 45.1 Å². The number of rotatable bonds is 5. The van der Waals surface area contributed by atoms with Crippen molar-refractivity contribution in [2.24, 2.45) is 0 Å². The minimum Gasteiger partial charge on any atom is -0.481 e. The molecule has 1 amide bonds. The van der Waals surface area contributed by atoms with Gasteiger partial charge in [-0.05, 0) is 38.2 Å². The number of morpholine rings is 1. The summed E-state index contributed by atoms with van der Waals surface area (Å²) in [5.41, 5.74) is 0. The highest BCUT2D eigenvalue weighted by molar-refractivity contribution is 7.89. The molecule has 0 spiro atoms. The molecule has 2 heterocycles. The van der Waals surface area contributed by atoms with Gasteiger partial charge in [0.15, 0.2) is 6.10 Å². The molecule has 1 aromatic carbocycles. The van der Waals surface area contributed by atoms with Crippen LogP contribution >= 0.6 is 0 Å². The molecule has 2 fully saturated rings. The lowest BCUT2D eigenvalue weighted by Gasteiger charge is -2.31. The Bertz CT molecular complexity index is 739. The first-order valence-electron chi connectivity index (χ1n) is 9.20. The van der Waals surface area contributed by atoms with Crippen LogP contribution in [0.1, 0.15) is 6.92 Å². The van der Waals surface area contributed by atoms with Crippen LogP contribution in [0.5, 0.6) is 5.75 Å². The Morgan fingerprint density at radius 3 is 2.22 bits per heavy atom. The summed E-state index contributed by atoms with van der Waals surface area (Å²) < 4.78 is 37.9. The fourth-order valence-corrected chi connectivity index (χ4v) is 4.59. The van der Waals surface area contributed by atoms with E-state index in [1.54, 1.807) is 24.0 Å². The molecule has 150 valence electrons. The predicted molar refractivity (Wildman–Crippen MR) is 100 cm³/mol. The average Bonchev–Trinajstić information content (AvgIpc) is 2.69. The Kier molecular flexibility index (Phi) is 6.36. The molecule has 2 aliphatic rings. The monoisotopic (exact) mass is 397 g/mol. The van der Waals surface area contributed by atoms with Crippen LogP contribution in [0.2, 0.25) is 0 Å². The molecule has 0 N–H and O–H groups in total. The molecule has 1 atom stereocenters. The number of ether oxygens (including phenoxy) is 2. The maximum atomic E-state index is 12.7. The number of likely N-dealkylation sites (N-methyl/N-ethyl adjacent to an activating group) is 1. The summed E-state index contributed by atoms with van der Waals surface area (Å²) in [5.74, 6) is 0.383. The molecule has 0 saturated carbocycles. The molecule has 27 heavy (non-hydrogen) atoms. The van der Waals surface area contributed by atoms with Gasteiger partial charge in [0.25, 0.3) is 5.91 Å². The van der Waals surface area contributed by atoms with E-state index in [-0.39, 0.29) is 10.8 Å². The maximum Gasteiger partial charge on any atom is 0.263 e. The van der Waals surface area contributed by atoms with Gasteiger partial charge in [-0.2, -0.15) is 4.31 Å². The summed E-state index contributed by atoms with van der Waals surface area (Å²) in [4.78, 5) is 16.5. The summed E-state index contributed by atoms with van der Waals surface area (Å²) in [6.07, 6.45) is -0.636. The first-order chi connectivity index (χ1) is 12.9. The van der Waals surface area contributed by atoms with Gasteiger partial charge in [0.1, 0.15) is 5.75 Å². The quantitative estimate of drug-likeness (QED) is 0.709. The van der Waals surface area contributed by atoms with Gasteiger partial charge < -0.3 is 19.3 Å². The molecule has 8 nitrogen and oxygen atoms in total. The molecule has 1 aromatic rings. The second-order valence-electron chi connectivity index (χ2n) is 6.88. The van der Waals surface area contributed by atoms with E-state index >= 15 is 0 Å². The standard InChI is InChI=1S/C18H27N3O5S/c1-15(18(22)20-11-13-25-14-12-20)26-16-3-5-17(6-4-16)27(23,24)21-9-7-19(2)8-10-21/h3-6,15H,7-14H2,1-2H3/t15-/m1/s1. The van der Waals surface area contributed by atoms with Crippen LogP contribution in [0.25, 0.3) is 0 Å². The molecule has 0 aliphatic carbocycles. The summed E-state index contributed by atoms with van der Waals surface area (Å²) in [5, 5.41) is 0. The Morgan fingerprint density at radius 1 is 1.04 bits per heavy atom. The molecule has 3 rings (SSSR count). The number of amides is 1. The van der Waals surface area contributed by atoms with Gasteiger partial charge in [-0.1, -0.05) is 0 Å². The number of carbonyl (C=O) groups excluding carboxylic acids is 1. The molecule has 0 radical (unpaired) electrons. The zero-order chi connectivity index (χ0) is 19.4. The van der Waals surface area contributed by atoms with E-state index in [9.17, 15) is 13.2 Å². The topological polar surface area (TPSA) is 79.4 Å². The zero-order valence-corrected chi connectivity index (χ0v) is 16.7. The van der Waals surface area contributed by atoms with Crippen LogP contribution in [0, 0.1) is 0 Å². The Labute approximate surface area is 160 Å².